The summed E-state index contributed by atoms with van der Waals surface area (Å²) in [7, 11) is -3.44. The van der Waals surface area contributed by atoms with E-state index in [9.17, 15) is 13.2 Å². The van der Waals surface area contributed by atoms with E-state index >= 15 is 0 Å². The van der Waals surface area contributed by atoms with Gasteiger partial charge in [0.25, 0.3) is 0 Å². The number of sulfonamides is 1. The molecule has 0 bridgehead atoms. The minimum absolute atomic E-state index is 0.0486. The zero-order chi connectivity index (χ0) is 19.7. The molecule has 0 unspecified atom stereocenters. The smallest absolute Gasteiger partial charge is 0.241 e. The van der Waals surface area contributed by atoms with Crippen LogP contribution in [-0.2, 0) is 20.6 Å². The number of nitrogens with zero attached hydrogens (tertiary/aromatic N) is 4. The normalized spacial score (nSPS) is 16.4. The van der Waals surface area contributed by atoms with Crippen molar-refractivity contribution in [3.63, 3.8) is 0 Å². The number of nitrogens with one attached hydrogen (secondary N) is 2. The number of piperazine rings is 1. The summed E-state index contributed by atoms with van der Waals surface area (Å²) in [6.07, 6.45) is 2.24. The highest BCUT2D eigenvalue weighted by atomic mass is 32.2. The summed E-state index contributed by atoms with van der Waals surface area (Å²) in [6, 6.07) is 1.55. The zero-order valence-electron chi connectivity index (χ0n) is 15.8. The summed E-state index contributed by atoms with van der Waals surface area (Å²) in [5.41, 5.74) is 0.394. The minimum Gasteiger partial charge on any atom is -0.364 e. The molecule has 2 heterocycles. The molecule has 152 valence electrons. The number of aromatic nitrogens is 1. The van der Waals surface area contributed by atoms with Crippen molar-refractivity contribution in [2.45, 2.75) is 26.0 Å². The van der Waals surface area contributed by atoms with Crippen LogP contribution in [0.15, 0.2) is 21.8 Å². The highest BCUT2D eigenvalue weighted by molar-refractivity contribution is 7.88. The molecule has 0 atom stereocenters. The van der Waals surface area contributed by atoms with Crippen molar-refractivity contribution in [3.8, 4) is 0 Å². The van der Waals surface area contributed by atoms with Crippen molar-refractivity contribution in [2.75, 3.05) is 45.8 Å². The highest BCUT2D eigenvalue weighted by Crippen LogP contribution is 2.12. The van der Waals surface area contributed by atoms with Crippen molar-refractivity contribution in [2.24, 2.45) is 4.99 Å². The van der Waals surface area contributed by atoms with Gasteiger partial charge < -0.3 is 20.1 Å². The van der Waals surface area contributed by atoms with Gasteiger partial charge >= 0.3 is 0 Å². The lowest BCUT2D eigenvalue weighted by molar-refractivity contribution is -0.119. The van der Waals surface area contributed by atoms with Crippen molar-refractivity contribution in [3.05, 3.63) is 18.0 Å². The van der Waals surface area contributed by atoms with E-state index in [1.165, 1.54) is 10.6 Å². The van der Waals surface area contributed by atoms with Crippen LogP contribution in [0.1, 0.15) is 26.0 Å². The third-order valence-corrected chi connectivity index (χ3v) is 5.85. The quantitative estimate of drug-likeness (QED) is 0.450. The lowest BCUT2D eigenvalue weighted by Crippen LogP contribution is -2.54. The molecule has 1 aromatic rings. The van der Waals surface area contributed by atoms with E-state index in [4.69, 9.17) is 4.52 Å². The molecular formula is C16H28N6O4S. The molecule has 0 radical (unpaired) electrons. The van der Waals surface area contributed by atoms with Crippen LogP contribution in [0.2, 0.25) is 0 Å². The van der Waals surface area contributed by atoms with E-state index in [1.807, 2.05) is 18.7 Å². The van der Waals surface area contributed by atoms with Gasteiger partial charge in [0.15, 0.2) is 5.96 Å². The summed E-state index contributed by atoms with van der Waals surface area (Å²) in [4.78, 5) is 18.1. The molecule has 1 amide bonds. The Bertz CT molecular complexity index is 711. The molecule has 2 rings (SSSR count). The minimum atomic E-state index is -3.44. The van der Waals surface area contributed by atoms with Gasteiger partial charge in [-0.2, -0.15) is 4.31 Å². The van der Waals surface area contributed by atoms with Crippen LogP contribution < -0.4 is 10.6 Å². The van der Waals surface area contributed by atoms with Crippen LogP contribution >= 0.6 is 0 Å². The first kappa shape index (κ1) is 21.2. The number of amides is 1. The number of aliphatic imine (C=N–C) groups is 1. The molecule has 1 aliphatic rings. The van der Waals surface area contributed by atoms with Gasteiger partial charge in [-0.1, -0.05) is 12.1 Å². The third kappa shape index (κ3) is 6.51. The average Bonchev–Trinajstić information content (AvgIpc) is 3.15. The number of carbonyl (C=O) groups excluding carboxylic acids is 1. The number of rotatable bonds is 8. The van der Waals surface area contributed by atoms with Crippen molar-refractivity contribution in [1.82, 2.24) is 25.0 Å². The molecule has 0 spiro atoms. The Morgan fingerprint density at radius 1 is 1.26 bits per heavy atom. The Kier molecular flexibility index (Phi) is 8.04. The molecule has 2 N–H and O–H groups in total. The van der Waals surface area contributed by atoms with Crippen LogP contribution in [0.5, 0.6) is 0 Å². The van der Waals surface area contributed by atoms with Crippen molar-refractivity contribution in [1.29, 1.82) is 0 Å². The summed E-state index contributed by atoms with van der Waals surface area (Å²) >= 11 is 0. The largest absolute Gasteiger partial charge is 0.364 e. The van der Waals surface area contributed by atoms with E-state index in [1.54, 1.807) is 6.07 Å². The lowest BCUT2D eigenvalue weighted by atomic mass is 10.4. The second kappa shape index (κ2) is 10.3. The fourth-order valence-electron chi connectivity index (χ4n) is 2.66. The highest BCUT2D eigenvalue weighted by Gasteiger charge is 2.29. The maximum Gasteiger partial charge on any atom is 0.241 e. The maximum atomic E-state index is 12.5. The van der Waals surface area contributed by atoms with Gasteiger partial charge in [-0.05, 0) is 13.3 Å². The maximum absolute atomic E-state index is 12.5. The van der Waals surface area contributed by atoms with Gasteiger partial charge in [-0.15, -0.1) is 0 Å². The Morgan fingerprint density at radius 3 is 2.59 bits per heavy atom. The van der Waals surface area contributed by atoms with Crippen molar-refractivity contribution >= 4 is 21.9 Å². The topological polar surface area (TPSA) is 120 Å². The molecule has 0 aliphatic carbocycles. The van der Waals surface area contributed by atoms with Gasteiger partial charge in [0, 0.05) is 45.3 Å². The Morgan fingerprint density at radius 2 is 2.00 bits per heavy atom. The van der Waals surface area contributed by atoms with Crippen LogP contribution in [0, 0.1) is 0 Å². The number of guanidine groups is 1. The molecule has 0 aromatic carbocycles. The first-order valence-corrected chi connectivity index (χ1v) is 10.7. The van der Waals surface area contributed by atoms with E-state index in [0.717, 1.165) is 6.42 Å². The number of hydrogen-bond acceptors (Lipinski definition) is 6. The summed E-state index contributed by atoms with van der Waals surface area (Å²) < 4.78 is 31.1. The van der Waals surface area contributed by atoms with E-state index in [0.29, 0.717) is 50.9 Å². The second-order valence-electron chi connectivity index (χ2n) is 6.15. The standard InChI is InChI=1S/C16H28N6O4S/c1-3-6-18-15(23)12-19-16(17-4-2)21-7-9-22(10-8-21)27(24,25)13-14-5-11-26-20-14/h5,11H,3-4,6-10,12-13H2,1-2H3,(H,17,19)(H,18,23). The summed E-state index contributed by atoms with van der Waals surface area (Å²) in [5.74, 6) is 0.327. The first-order chi connectivity index (χ1) is 13.0. The van der Waals surface area contributed by atoms with Crippen LogP contribution in [0.25, 0.3) is 0 Å². The third-order valence-electron chi connectivity index (χ3n) is 4.03. The lowest BCUT2D eigenvalue weighted by Gasteiger charge is -2.35. The molecule has 1 aliphatic heterocycles. The van der Waals surface area contributed by atoms with E-state index in [2.05, 4.69) is 20.8 Å². The zero-order valence-corrected chi connectivity index (χ0v) is 16.7. The Hall–Kier alpha value is -2.14. The van der Waals surface area contributed by atoms with Gasteiger partial charge in [-0.25, -0.2) is 13.4 Å². The molecule has 1 aromatic heterocycles. The van der Waals surface area contributed by atoms with E-state index in [-0.39, 0.29) is 18.2 Å². The van der Waals surface area contributed by atoms with Crippen LogP contribution in [0.4, 0.5) is 0 Å². The molecular weight excluding hydrogens is 372 g/mol. The fraction of sp³-hybridized carbons (Fsp3) is 0.688. The van der Waals surface area contributed by atoms with Crippen LogP contribution in [-0.4, -0.2) is 80.5 Å². The monoisotopic (exact) mass is 400 g/mol. The second-order valence-corrected chi connectivity index (χ2v) is 8.12. The predicted octanol–water partition coefficient (Wildman–Crippen LogP) is -0.386. The molecule has 10 nitrogen and oxygen atoms in total. The SMILES string of the molecule is CCCNC(=O)CN=C(NCC)N1CCN(S(=O)(=O)Cc2ccon2)CC1. The Balaban J connectivity index is 1.91. The fourth-order valence-corrected chi connectivity index (χ4v) is 4.09. The number of carbonyl (C=O) groups is 1. The van der Waals surface area contributed by atoms with Crippen LogP contribution in [0.3, 0.4) is 0 Å². The predicted molar refractivity (Wildman–Crippen MR) is 102 cm³/mol. The summed E-state index contributed by atoms with van der Waals surface area (Å²) in [5, 5.41) is 9.61. The van der Waals surface area contributed by atoms with Gasteiger partial charge in [-0.3, -0.25) is 4.79 Å². The molecule has 27 heavy (non-hydrogen) atoms. The summed E-state index contributed by atoms with van der Waals surface area (Å²) in [6.45, 7) is 7.00. The number of hydrogen-bond donors (Lipinski definition) is 2. The average molecular weight is 401 g/mol. The van der Waals surface area contributed by atoms with Gasteiger partial charge in [0.05, 0.1) is 5.69 Å². The van der Waals surface area contributed by atoms with Crippen molar-refractivity contribution < 1.29 is 17.7 Å². The molecule has 1 fully saturated rings. The molecule has 0 saturated carbocycles. The molecule has 1 saturated heterocycles. The Labute approximate surface area is 160 Å². The first-order valence-electron chi connectivity index (χ1n) is 9.13. The van der Waals surface area contributed by atoms with Gasteiger partial charge in [0.2, 0.25) is 15.9 Å². The van der Waals surface area contributed by atoms with E-state index < -0.39 is 10.0 Å². The van der Waals surface area contributed by atoms with Gasteiger partial charge in [0.1, 0.15) is 18.6 Å². The molecule has 11 heteroatoms.